The Bertz CT molecular complexity index is 99.9. The molecule has 0 aliphatic carbocycles. The summed E-state index contributed by atoms with van der Waals surface area (Å²) in [4.78, 5) is 1.93. The third-order valence-corrected chi connectivity index (χ3v) is 1.16. The molecule has 7 heavy (non-hydrogen) atoms. The SMILES string of the molecule is CN1[CH]NC(Br)=C1. The van der Waals surface area contributed by atoms with Gasteiger partial charge < -0.3 is 10.2 Å². The molecule has 0 saturated heterocycles. The summed E-state index contributed by atoms with van der Waals surface area (Å²) in [6, 6.07) is 0. The lowest BCUT2D eigenvalue weighted by Crippen LogP contribution is -2.07. The average Bonchev–Trinajstić information content (AvgIpc) is 1.87. The van der Waals surface area contributed by atoms with Crippen LogP contribution in [-0.4, -0.2) is 11.9 Å². The molecule has 1 aliphatic rings. The molecule has 1 radical (unpaired) electrons. The highest BCUT2D eigenvalue weighted by molar-refractivity contribution is 9.11. The van der Waals surface area contributed by atoms with E-state index in [1.54, 1.807) is 0 Å². The van der Waals surface area contributed by atoms with Crippen LogP contribution in [0.4, 0.5) is 0 Å². The summed E-state index contributed by atoms with van der Waals surface area (Å²) < 4.78 is 1.01. The van der Waals surface area contributed by atoms with Crippen LogP contribution in [0.15, 0.2) is 10.8 Å². The highest BCUT2D eigenvalue weighted by Crippen LogP contribution is 2.08. The van der Waals surface area contributed by atoms with Crippen molar-refractivity contribution >= 4 is 15.9 Å². The summed E-state index contributed by atoms with van der Waals surface area (Å²) in [5, 5.41) is 2.95. The first kappa shape index (κ1) is 4.97. The maximum Gasteiger partial charge on any atom is 0.139 e. The highest BCUT2D eigenvalue weighted by Gasteiger charge is 2.01. The average molecular weight is 162 g/mol. The number of hydrogen-bond acceptors (Lipinski definition) is 2. The number of halogens is 1. The number of nitrogens with one attached hydrogen (secondary N) is 1. The maximum absolute atomic E-state index is 3.26. The fourth-order valence-electron chi connectivity index (χ4n) is 0.417. The van der Waals surface area contributed by atoms with Crippen molar-refractivity contribution in [2.45, 2.75) is 0 Å². The molecule has 0 fully saturated rings. The Kier molecular flexibility index (Phi) is 1.23. The van der Waals surface area contributed by atoms with Crippen molar-refractivity contribution < 1.29 is 0 Å². The van der Waals surface area contributed by atoms with Crippen LogP contribution in [0.3, 0.4) is 0 Å². The van der Waals surface area contributed by atoms with Gasteiger partial charge in [0.15, 0.2) is 0 Å². The zero-order valence-electron chi connectivity index (χ0n) is 3.98. The fourth-order valence-corrected chi connectivity index (χ4v) is 0.842. The van der Waals surface area contributed by atoms with Gasteiger partial charge in [0.05, 0.1) is 4.61 Å². The Hall–Kier alpha value is -0.180. The monoisotopic (exact) mass is 161 g/mol. The standard InChI is InChI=1S/C4H6BrN2/c1-7-2-4(5)6-3-7/h2-3,6H,1H3. The third-order valence-electron chi connectivity index (χ3n) is 0.723. The highest BCUT2D eigenvalue weighted by atomic mass is 79.9. The minimum Gasteiger partial charge on any atom is -0.355 e. The largest absolute Gasteiger partial charge is 0.355 e. The molecule has 0 aromatic heterocycles. The molecule has 3 heteroatoms. The molecular formula is C4H6BrN2. The molecule has 1 heterocycles. The predicted molar refractivity (Wildman–Crippen MR) is 32.2 cm³/mol. The molecular weight excluding hydrogens is 156 g/mol. The molecule has 0 aromatic carbocycles. The molecule has 39 valence electrons. The van der Waals surface area contributed by atoms with Gasteiger partial charge in [-0.1, -0.05) is 0 Å². The Labute approximate surface area is 51.3 Å². The smallest absolute Gasteiger partial charge is 0.139 e. The van der Waals surface area contributed by atoms with E-state index in [-0.39, 0.29) is 0 Å². The van der Waals surface area contributed by atoms with Gasteiger partial charge >= 0.3 is 0 Å². The zero-order valence-corrected chi connectivity index (χ0v) is 5.57. The summed E-state index contributed by atoms with van der Waals surface area (Å²) in [7, 11) is 1.96. The van der Waals surface area contributed by atoms with Crippen molar-refractivity contribution in [3.63, 3.8) is 0 Å². The lowest BCUT2D eigenvalue weighted by molar-refractivity contribution is 0.559. The van der Waals surface area contributed by atoms with Crippen LogP contribution < -0.4 is 5.32 Å². The summed E-state index contributed by atoms with van der Waals surface area (Å²) in [5.74, 6) is 0. The zero-order chi connectivity index (χ0) is 5.28. The normalized spacial score (nSPS) is 19.1. The van der Waals surface area contributed by atoms with Crippen molar-refractivity contribution in [1.82, 2.24) is 10.2 Å². The van der Waals surface area contributed by atoms with Gasteiger partial charge in [0.25, 0.3) is 0 Å². The second-order valence-electron chi connectivity index (χ2n) is 1.42. The second-order valence-corrected chi connectivity index (χ2v) is 2.27. The molecule has 0 amide bonds. The molecule has 0 aromatic rings. The minimum atomic E-state index is 1.01. The molecule has 1 N–H and O–H groups in total. The van der Waals surface area contributed by atoms with Gasteiger partial charge in [-0.2, -0.15) is 0 Å². The summed E-state index contributed by atoms with van der Waals surface area (Å²) in [5.41, 5.74) is 0. The minimum absolute atomic E-state index is 1.01. The lowest BCUT2D eigenvalue weighted by atomic mass is 10.9. The van der Waals surface area contributed by atoms with Crippen molar-refractivity contribution in [2.75, 3.05) is 7.05 Å². The van der Waals surface area contributed by atoms with Gasteiger partial charge in [-0.15, -0.1) is 0 Å². The van der Waals surface area contributed by atoms with E-state index in [1.807, 2.05) is 24.8 Å². The number of nitrogens with zero attached hydrogens (tertiary/aromatic N) is 1. The van der Waals surface area contributed by atoms with Crippen LogP contribution >= 0.6 is 15.9 Å². The number of hydrogen-bond donors (Lipinski definition) is 1. The van der Waals surface area contributed by atoms with E-state index < -0.39 is 0 Å². The van der Waals surface area contributed by atoms with Crippen LogP contribution in [0.5, 0.6) is 0 Å². The quantitative estimate of drug-likeness (QED) is 0.530. The van der Waals surface area contributed by atoms with E-state index in [1.165, 1.54) is 0 Å². The van der Waals surface area contributed by atoms with Gasteiger partial charge in [0.1, 0.15) is 6.67 Å². The van der Waals surface area contributed by atoms with Gasteiger partial charge in [-0.05, 0) is 15.9 Å². The summed E-state index contributed by atoms with van der Waals surface area (Å²) >= 11 is 3.26. The van der Waals surface area contributed by atoms with E-state index >= 15 is 0 Å². The molecule has 0 saturated carbocycles. The molecule has 0 bridgehead atoms. The first-order valence-electron chi connectivity index (χ1n) is 1.98. The third kappa shape index (κ3) is 1.09. The van der Waals surface area contributed by atoms with E-state index in [4.69, 9.17) is 0 Å². The van der Waals surface area contributed by atoms with Crippen LogP contribution in [-0.2, 0) is 0 Å². The van der Waals surface area contributed by atoms with Crippen molar-refractivity contribution in [3.8, 4) is 0 Å². The Morgan fingerprint density at radius 1 is 1.86 bits per heavy atom. The Morgan fingerprint density at radius 3 is 2.71 bits per heavy atom. The molecule has 0 spiro atoms. The lowest BCUT2D eigenvalue weighted by Gasteiger charge is -2.00. The van der Waals surface area contributed by atoms with Gasteiger partial charge in [0, 0.05) is 13.2 Å². The first-order valence-corrected chi connectivity index (χ1v) is 2.77. The van der Waals surface area contributed by atoms with Gasteiger partial charge in [0.2, 0.25) is 0 Å². The van der Waals surface area contributed by atoms with Gasteiger partial charge in [-0.25, -0.2) is 0 Å². The Balaban J connectivity index is 2.50. The predicted octanol–water partition coefficient (Wildman–Crippen LogP) is 0.834. The number of rotatable bonds is 0. The maximum atomic E-state index is 3.26. The van der Waals surface area contributed by atoms with Crippen LogP contribution in [0, 0.1) is 6.67 Å². The Morgan fingerprint density at radius 2 is 2.57 bits per heavy atom. The molecule has 0 atom stereocenters. The van der Waals surface area contributed by atoms with Crippen molar-refractivity contribution in [3.05, 3.63) is 17.5 Å². The summed E-state index contributed by atoms with van der Waals surface area (Å²) in [6.45, 7) is 1.87. The summed E-state index contributed by atoms with van der Waals surface area (Å²) in [6.07, 6.45) is 1.94. The molecule has 1 rings (SSSR count). The van der Waals surface area contributed by atoms with Crippen LogP contribution in [0.1, 0.15) is 0 Å². The van der Waals surface area contributed by atoms with Gasteiger partial charge in [-0.3, -0.25) is 0 Å². The van der Waals surface area contributed by atoms with Crippen LogP contribution in [0.25, 0.3) is 0 Å². The van der Waals surface area contributed by atoms with E-state index in [9.17, 15) is 0 Å². The van der Waals surface area contributed by atoms with E-state index in [0.29, 0.717) is 0 Å². The molecule has 0 unspecified atom stereocenters. The van der Waals surface area contributed by atoms with E-state index in [0.717, 1.165) is 4.61 Å². The first-order chi connectivity index (χ1) is 3.29. The van der Waals surface area contributed by atoms with E-state index in [2.05, 4.69) is 21.2 Å². The topological polar surface area (TPSA) is 15.3 Å². The van der Waals surface area contributed by atoms with Crippen molar-refractivity contribution in [1.29, 1.82) is 0 Å². The second kappa shape index (κ2) is 1.74. The fraction of sp³-hybridized carbons (Fsp3) is 0.250. The molecule has 2 nitrogen and oxygen atoms in total. The molecule has 1 aliphatic heterocycles. The van der Waals surface area contributed by atoms with Crippen molar-refractivity contribution in [2.24, 2.45) is 0 Å². The van der Waals surface area contributed by atoms with Crippen LogP contribution in [0.2, 0.25) is 0 Å².